The third kappa shape index (κ3) is 16.5. The fourth-order valence-corrected chi connectivity index (χ4v) is 4.86. The van der Waals surface area contributed by atoms with Crippen LogP contribution in [0.4, 0.5) is 0 Å². The van der Waals surface area contributed by atoms with Crippen LogP contribution in [0.5, 0.6) is 0 Å². The van der Waals surface area contributed by atoms with Crippen molar-refractivity contribution in [3.05, 3.63) is 11.8 Å². The first-order valence-electron chi connectivity index (χ1n) is 11.6. The molecule has 0 bridgehead atoms. The van der Waals surface area contributed by atoms with E-state index in [-0.39, 0.29) is 0 Å². The molecule has 0 aliphatic rings. The van der Waals surface area contributed by atoms with Gasteiger partial charge in [0.25, 0.3) is 0 Å². The first kappa shape index (κ1) is 26.8. The SMILES string of the molecule is CCCCCCCCCCCCCCCCCCC=C[Si](OC)(OC)OC. The molecule has 0 saturated heterocycles. The lowest BCUT2D eigenvalue weighted by atomic mass is 10.0. The molecule has 0 aromatic carbocycles. The summed E-state index contributed by atoms with van der Waals surface area (Å²) in [7, 11) is 2.44. The average molecular weight is 401 g/mol. The Kier molecular flexibility index (Phi) is 20.4. The molecular formula is C23H48O3Si. The number of hydrogen-bond acceptors (Lipinski definition) is 3. The van der Waals surface area contributed by atoms with Gasteiger partial charge in [-0.05, 0) is 18.5 Å². The lowest BCUT2D eigenvalue weighted by molar-refractivity contribution is 0.138. The molecule has 0 amide bonds. The van der Waals surface area contributed by atoms with Crippen molar-refractivity contribution < 1.29 is 13.3 Å². The second kappa shape index (κ2) is 20.6. The number of hydrogen-bond donors (Lipinski definition) is 0. The van der Waals surface area contributed by atoms with Gasteiger partial charge in [0.15, 0.2) is 0 Å². The zero-order valence-electron chi connectivity index (χ0n) is 18.9. The number of allylic oxidation sites excluding steroid dienone is 1. The summed E-state index contributed by atoms with van der Waals surface area (Å²) in [5, 5.41) is 0. The topological polar surface area (TPSA) is 27.7 Å². The zero-order chi connectivity index (χ0) is 20.1. The maximum atomic E-state index is 5.38. The van der Waals surface area contributed by atoms with Crippen molar-refractivity contribution in [2.24, 2.45) is 0 Å². The molecule has 4 heteroatoms. The smallest absolute Gasteiger partial charge is 0.374 e. The van der Waals surface area contributed by atoms with E-state index in [4.69, 9.17) is 13.3 Å². The average Bonchev–Trinajstić information content (AvgIpc) is 2.70. The van der Waals surface area contributed by atoms with Crippen molar-refractivity contribution in [3.63, 3.8) is 0 Å². The van der Waals surface area contributed by atoms with Gasteiger partial charge in [0.05, 0.1) is 0 Å². The van der Waals surface area contributed by atoms with E-state index in [1.54, 1.807) is 21.3 Å². The Labute approximate surface area is 171 Å². The molecule has 0 radical (unpaired) electrons. The van der Waals surface area contributed by atoms with Crippen LogP contribution in [0, 0.1) is 0 Å². The van der Waals surface area contributed by atoms with Crippen LogP contribution in [0.15, 0.2) is 11.8 Å². The van der Waals surface area contributed by atoms with Crippen LogP contribution in [-0.2, 0) is 13.3 Å². The van der Waals surface area contributed by atoms with E-state index in [2.05, 4.69) is 13.0 Å². The highest BCUT2D eigenvalue weighted by Crippen LogP contribution is 2.14. The zero-order valence-corrected chi connectivity index (χ0v) is 19.9. The van der Waals surface area contributed by atoms with Gasteiger partial charge in [-0.3, -0.25) is 0 Å². The second-order valence-electron chi connectivity index (χ2n) is 7.71. The van der Waals surface area contributed by atoms with Crippen LogP contribution >= 0.6 is 0 Å². The van der Waals surface area contributed by atoms with Gasteiger partial charge < -0.3 is 13.3 Å². The Balaban J connectivity index is 3.27. The molecule has 0 aliphatic carbocycles. The summed E-state index contributed by atoms with van der Waals surface area (Å²) in [6.45, 7) is 2.29. The summed E-state index contributed by atoms with van der Waals surface area (Å²) >= 11 is 0. The standard InChI is InChI=1S/C23H48O3Si/c1-5-6-7-8-9-10-11-12-13-14-15-16-17-18-19-20-21-22-23-27(24-2,25-3)26-4/h22-23H,5-21H2,1-4H3. The van der Waals surface area contributed by atoms with E-state index in [1.165, 1.54) is 103 Å². The second-order valence-corrected chi connectivity index (χ2v) is 10.5. The Morgan fingerprint density at radius 1 is 0.519 bits per heavy atom. The van der Waals surface area contributed by atoms with Crippen LogP contribution in [0.3, 0.4) is 0 Å². The van der Waals surface area contributed by atoms with Gasteiger partial charge in [-0.2, -0.15) is 0 Å². The largest absolute Gasteiger partial charge is 0.528 e. The van der Waals surface area contributed by atoms with Crippen molar-refractivity contribution in [1.82, 2.24) is 0 Å². The van der Waals surface area contributed by atoms with Crippen LogP contribution in [-0.4, -0.2) is 30.1 Å². The minimum atomic E-state index is -2.51. The molecule has 0 aliphatic heterocycles. The molecule has 0 N–H and O–H groups in total. The Morgan fingerprint density at radius 2 is 0.852 bits per heavy atom. The molecule has 0 spiro atoms. The van der Waals surface area contributed by atoms with Crippen LogP contribution < -0.4 is 0 Å². The third-order valence-corrected chi connectivity index (χ3v) is 7.75. The molecule has 0 aromatic heterocycles. The third-order valence-electron chi connectivity index (χ3n) is 5.40. The molecule has 0 rings (SSSR count). The lowest BCUT2D eigenvalue weighted by Gasteiger charge is -2.20. The normalized spacial score (nSPS) is 12.3. The van der Waals surface area contributed by atoms with Crippen molar-refractivity contribution >= 4 is 8.80 Å². The monoisotopic (exact) mass is 400 g/mol. The van der Waals surface area contributed by atoms with Gasteiger partial charge in [-0.1, -0.05) is 109 Å². The molecule has 0 saturated carbocycles. The molecule has 0 unspecified atom stereocenters. The van der Waals surface area contributed by atoms with Crippen molar-refractivity contribution in [2.45, 2.75) is 116 Å². The minimum absolute atomic E-state index is 1.09. The van der Waals surface area contributed by atoms with E-state index in [0.717, 1.165) is 6.42 Å². The predicted molar refractivity (Wildman–Crippen MR) is 120 cm³/mol. The molecule has 0 aromatic rings. The van der Waals surface area contributed by atoms with E-state index in [1.807, 2.05) is 5.70 Å². The predicted octanol–water partition coefficient (Wildman–Crippen LogP) is 7.61. The van der Waals surface area contributed by atoms with Gasteiger partial charge in [0.1, 0.15) is 0 Å². The summed E-state index contributed by atoms with van der Waals surface area (Å²) in [4.78, 5) is 0. The molecule has 0 fully saturated rings. The summed E-state index contributed by atoms with van der Waals surface area (Å²) < 4.78 is 16.1. The van der Waals surface area contributed by atoms with Gasteiger partial charge in [-0.25, -0.2) is 0 Å². The van der Waals surface area contributed by atoms with Crippen molar-refractivity contribution in [2.75, 3.05) is 21.3 Å². The van der Waals surface area contributed by atoms with E-state index < -0.39 is 8.80 Å². The Morgan fingerprint density at radius 3 is 1.19 bits per heavy atom. The first-order chi connectivity index (χ1) is 13.2. The lowest BCUT2D eigenvalue weighted by Crippen LogP contribution is -2.40. The Bertz CT molecular complexity index is 308. The molecular weight excluding hydrogens is 352 g/mol. The maximum absolute atomic E-state index is 5.38. The van der Waals surface area contributed by atoms with Crippen molar-refractivity contribution in [1.29, 1.82) is 0 Å². The number of rotatable bonds is 21. The number of unbranched alkanes of at least 4 members (excludes halogenated alkanes) is 16. The highest BCUT2D eigenvalue weighted by Gasteiger charge is 2.33. The van der Waals surface area contributed by atoms with Gasteiger partial charge >= 0.3 is 8.80 Å². The quantitative estimate of drug-likeness (QED) is 0.146. The van der Waals surface area contributed by atoms with Gasteiger partial charge in [0.2, 0.25) is 0 Å². The van der Waals surface area contributed by atoms with Crippen molar-refractivity contribution in [3.8, 4) is 0 Å². The van der Waals surface area contributed by atoms with Crippen LogP contribution in [0.25, 0.3) is 0 Å². The van der Waals surface area contributed by atoms with Crippen LogP contribution in [0.1, 0.15) is 116 Å². The molecule has 162 valence electrons. The molecule has 0 heterocycles. The summed E-state index contributed by atoms with van der Waals surface area (Å²) in [5.41, 5.74) is 2.00. The summed E-state index contributed by atoms with van der Waals surface area (Å²) in [6.07, 6.45) is 25.8. The fourth-order valence-electron chi connectivity index (χ4n) is 3.49. The van der Waals surface area contributed by atoms with E-state index in [9.17, 15) is 0 Å². The van der Waals surface area contributed by atoms with Crippen LogP contribution in [0.2, 0.25) is 0 Å². The highest BCUT2D eigenvalue weighted by molar-refractivity contribution is 6.66. The van der Waals surface area contributed by atoms with Gasteiger partial charge in [0, 0.05) is 21.3 Å². The summed E-state index contributed by atoms with van der Waals surface area (Å²) in [5.74, 6) is 0. The van der Waals surface area contributed by atoms with E-state index in [0.29, 0.717) is 0 Å². The van der Waals surface area contributed by atoms with E-state index >= 15 is 0 Å². The van der Waals surface area contributed by atoms with Gasteiger partial charge in [-0.15, -0.1) is 0 Å². The highest BCUT2D eigenvalue weighted by atomic mass is 28.4. The molecule has 3 nitrogen and oxygen atoms in total. The minimum Gasteiger partial charge on any atom is -0.374 e. The fraction of sp³-hybridized carbons (Fsp3) is 0.913. The molecule has 27 heavy (non-hydrogen) atoms. The summed E-state index contributed by atoms with van der Waals surface area (Å²) in [6, 6.07) is 0. The maximum Gasteiger partial charge on any atom is 0.528 e. The first-order valence-corrected chi connectivity index (χ1v) is 13.4. The Hall–Kier alpha value is -0.163. The molecule has 0 atom stereocenters.